The molecule has 0 aliphatic carbocycles. The van der Waals surface area contributed by atoms with Gasteiger partial charge in [-0.2, -0.15) is 0 Å². The number of nitro groups is 1. The maximum atomic E-state index is 13.8. The van der Waals surface area contributed by atoms with Crippen molar-refractivity contribution < 1.29 is 28.8 Å². The molecule has 10 heteroatoms. The van der Waals surface area contributed by atoms with Crippen molar-refractivity contribution in [3.63, 3.8) is 0 Å². The first kappa shape index (κ1) is 30.7. The molecule has 0 fully saturated rings. The summed E-state index contributed by atoms with van der Waals surface area (Å²) < 4.78 is 11.2. The van der Waals surface area contributed by atoms with E-state index in [4.69, 9.17) is 9.47 Å². The summed E-state index contributed by atoms with van der Waals surface area (Å²) in [6.07, 6.45) is 0. The van der Waals surface area contributed by atoms with E-state index in [1.807, 2.05) is 0 Å². The van der Waals surface area contributed by atoms with Crippen LogP contribution >= 0.6 is 0 Å². The third-order valence-corrected chi connectivity index (χ3v) is 5.79. The van der Waals surface area contributed by atoms with Gasteiger partial charge in [0.1, 0.15) is 23.2 Å². The van der Waals surface area contributed by atoms with Crippen LogP contribution in [0.15, 0.2) is 40.5 Å². The lowest BCUT2D eigenvalue weighted by Gasteiger charge is -2.34. The highest BCUT2D eigenvalue weighted by Crippen LogP contribution is 2.41. The van der Waals surface area contributed by atoms with Gasteiger partial charge in [0.05, 0.1) is 4.92 Å². The summed E-state index contributed by atoms with van der Waals surface area (Å²) in [6.45, 7) is 17.2. The Morgan fingerprint density at radius 2 is 1.61 bits per heavy atom. The Morgan fingerprint density at radius 3 is 2.11 bits per heavy atom. The summed E-state index contributed by atoms with van der Waals surface area (Å²) in [5, 5.41) is 14.3. The predicted molar refractivity (Wildman–Crippen MR) is 144 cm³/mol. The van der Waals surface area contributed by atoms with Crippen LogP contribution in [0.25, 0.3) is 0 Å². The zero-order valence-electron chi connectivity index (χ0n) is 23.9. The Bertz CT molecular complexity index is 1170. The van der Waals surface area contributed by atoms with E-state index in [1.165, 1.54) is 18.2 Å². The van der Waals surface area contributed by atoms with Gasteiger partial charge in [0.2, 0.25) is 5.91 Å². The van der Waals surface area contributed by atoms with E-state index >= 15 is 0 Å². The molecule has 1 aliphatic rings. The molecule has 0 radical (unpaired) electrons. The zero-order chi connectivity index (χ0) is 29.2. The third-order valence-electron chi connectivity index (χ3n) is 5.79. The fourth-order valence-electron chi connectivity index (χ4n) is 4.28. The van der Waals surface area contributed by atoms with E-state index in [2.05, 4.69) is 10.3 Å². The second kappa shape index (κ2) is 11.4. The van der Waals surface area contributed by atoms with Crippen molar-refractivity contribution in [2.45, 2.75) is 92.4 Å². The van der Waals surface area contributed by atoms with Crippen molar-refractivity contribution in [3.05, 3.63) is 51.2 Å². The number of amides is 1. The Balaban J connectivity index is 2.65. The fraction of sp³-hybridized carbons (Fsp3) is 0.571. The van der Waals surface area contributed by atoms with Crippen LogP contribution in [0.2, 0.25) is 0 Å². The summed E-state index contributed by atoms with van der Waals surface area (Å²) in [6, 6.07) is 4.84. The number of hydrogen-bond donors (Lipinski definition) is 1. The molecule has 38 heavy (non-hydrogen) atoms. The highest BCUT2D eigenvalue weighted by atomic mass is 16.6. The molecule has 10 nitrogen and oxygen atoms in total. The first-order valence-electron chi connectivity index (χ1n) is 12.6. The van der Waals surface area contributed by atoms with Crippen LogP contribution in [0.3, 0.4) is 0 Å². The maximum Gasteiger partial charge on any atom is 0.329 e. The molecule has 1 aliphatic heterocycles. The number of benzene rings is 1. The number of hydrogen-bond acceptors (Lipinski definition) is 8. The van der Waals surface area contributed by atoms with Gasteiger partial charge in [-0.25, -0.2) is 4.79 Å². The lowest BCUT2D eigenvalue weighted by Crippen LogP contribution is -2.49. The first-order chi connectivity index (χ1) is 17.3. The number of nitrogens with one attached hydrogen (secondary N) is 1. The minimum atomic E-state index is -1.01. The van der Waals surface area contributed by atoms with Gasteiger partial charge < -0.3 is 14.8 Å². The van der Waals surface area contributed by atoms with Crippen molar-refractivity contribution in [2.24, 2.45) is 16.8 Å². The van der Waals surface area contributed by atoms with Gasteiger partial charge in [-0.1, -0.05) is 26.0 Å². The summed E-state index contributed by atoms with van der Waals surface area (Å²) >= 11 is 0. The van der Waals surface area contributed by atoms with Gasteiger partial charge >= 0.3 is 11.9 Å². The number of nitrogens with zero attached hydrogens (tertiary/aromatic N) is 2. The van der Waals surface area contributed by atoms with Crippen molar-refractivity contribution in [2.75, 3.05) is 0 Å². The smallest absolute Gasteiger partial charge is 0.329 e. The van der Waals surface area contributed by atoms with Crippen molar-refractivity contribution in [1.82, 2.24) is 5.32 Å². The summed E-state index contributed by atoms with van der Waals surface area (Å²) in [5.41, 5.74) is -0.502. The molecule has 208 valence electrons. The summed E-state index contributed by atoms with van der Waals surface area (Å²) in [4.78, 5) is 55.7. The van der Waals surface area contributed by atoms with E-state index in [1.54, 1.807) is 75.3 Å². The Labute approximate surface area is 224 Å². The van der Waals surface area contributed by atoms with Gasteiger partial charge in [0, 0.05) is 35.0 Å². The van der Waals surface area contributed by atoms with Crippen molar-refractivity contribution in [3.8, 4) is 0 Å². The minimum absolute atomic E-state index is 0.126. The van der Waals surface area contributed by atoms with Gasteiger partial charge in [0.25, 0.3) is 5.69 Å². The van der Waals surface area contributed by atoms with Crippen LogP contribution in [0.1, 0.15) is 80.7 Å². The largest absolute Gasteiger partial charge is 0.459 e. The zero-order valence-corrected chi connectivity index (χ0v) is 23.9. The average molecular weight is 530 g/mol. The first-order valence-corrected chi connectivity index (χ1v) is 12.6. The number of aliphatic imine (C=N–C) groups is 1. The fourth-order valence-corrected chi connectivity index (χ4v) is 4.28. The van der Waals surface area contributed by atoms with Gasteiger partial charge in [-0.3, -0.25) is 24.7 Å². The highest BCUT2D eigenvalue weighted by molar-refractivity contribution is 6.08. The summed E-state index contributed by atoms with van der Waals surface area (Å²) in [7, 11) is 0. The maximum absolute atomic E-state index is 13.8. The van der Waals surface area contributed by atoms with Crippen LogP contribution in [0.4, 0.5) is 5.69 Å². The molecule has 3 unspecified atom stereocenters. The number of carbonyl (C=O) groups excluding carboxylic acids is 3. The minimum Gasteiger partial charge on any atom is -0.459 e. The monoisotopic (exact) mass is 529 g/mol. The number of allylic oxidation sites excluding steroid dienone is 1. The van der Waals surface area contributed by atoms with Crippen molar-refractivity contribution >= 4 is 29.2 Å². The SMILES string of the molecule is CC1=NC(C)=C(C(=O)NC(C(=O)OC(C)(C)C)C(C)C)C(c2cccc([N+](=O)[O-])c2)C1C(=O)OC(C)(C)C. The molecule has 1 aromatic rings. The number of rotatable bonds is 7. The Hall–Kier alpha value is -3.56. The number of nitro benzene ring substituents is 1. The molecular formula is C28H39N3O7. The molecule has 0 aromatic heterocycles. The summed E-state index contributed by atoms with van der Waals surface area (Å²) in [5.74, 6) is -4.07. The van der Waals surface area contributed by atoms with E-state index < -0.39 is 51.8 Å². The van der Waals surface area contributed by atoms with Crippen LogP contribution in [0, 0.1) is 22.0 Å². The molecule has 1 aromatic carbocycles. The van der Waals surface area contributed by atoms with E-state index in [9.17, 15) is 24.5 Å². The lowest BCUT2D eigenvalue weighted by atomic mass is 9.75. The van der Waals surface area contributed by atoms with E-state index in [0.717, 1.165) is 0 Å². The standard InChI is InChI=1S/C28H39N3O7/c1-15(2)23(26(34)38-28(8,9)10)30-24(32)20-16(3)29-17(4)21(25(33)37-27(5,6)7)22(20)18-12-11-13-19(14-18)31(35)36/h11-15,21-23H,1-10H3,(H,30,32). The number of ether oxygens (including phenoxy) is 2. The van der Waals surface area contributed by atoms with Crippen LogP contribution in [0.5, 0.6) is 0 Å². The molecule has 3 atom stereocenters. The molecule has 1 amide bonds. The molecule has 0 saturated carbocycles. The quantitative estimate of drug-likeness (QED) is 0.302. The van der Waals surface area contributed by atoms with Crippen LogP contribution < -0.4 is 5.32 Å². The van der Waals surface area contributed by atoms with Crippen LogP contribution in [-0.2, 0) is 23.9 Å². The average Bonchev–Trinajstić information content (AvgIpc) is 2.73. The van der Waals surface area contributed by atoms with Gasteiger partial charge in [0.15, 0.2) is 0 Å². The third kappa shape index (κ3) is 7.72. The molecule has 0 saturated heterocycles. The second-order valence-electron chi connectivity index (χ2n) is 11.8. The highest BCUT2D eigenvalue weighted by Gasteiger charge is 2.44. The Morgan fingerprint density at radius 1 is 1.03 bits per heavy atom. The topological polar surface area (TPSA) is 137 Å². The molecule has 1 N–H and O–H groups in total. The van der Waals surface area contributed by atoms with Gasteiger partial charge in [-0.15, -0.1) is 0 Å². The normalized spacial score (nSPS) is 19.0. The second-order valence-corrected chi connectivity index (χ2v) is 11.8. The van der Waals surface area contributed by atoms with Crippen LogP contribution in [-0.4, -0.2) is 45.7 Å². The predicted octanol–water partition coefficient (Wildman–Crippen LogP) is 4.87. The molecular weight excluding hydrogens is 490 g/mol. The van der Waals surface area contributed by atoms with E-state index in [-0.39, 0.29) is 17.2 Å². The lowest BCUT2D eigenvalue weighted by molar-refractivity contribution is -0.384. The molecule has 1 heterocycles. The number of carbonyl (C=O) groups is 3. The number of esters is 2. The van der Waals surface area contributed by atoms with Crippen molar-refractivity contribution in [1.29, 1.82) is 0 Å². The van der Waals surface area contributed by atoms with E-state index in [0.29, 0.717) is 17.0 Å². The molecule has 2 rings (SSSR count). The molecule has 0 spiro atoms. The van der Waals surface area contributed by atoms with Gasteiger partial charge in [-0.05, 0) is 66.9 Å². The molecule has 0 bridgehead atoms. The number of non-ortho nitro benzene ring substituents is 1. The Kier molecular flexibility index (Phi) is 9.24.